The first-order chi connectivity index (χ1) is 14.1. The predicted octanol–water partition coefficient (Wildman–Crippen LogP) is 6.17. The van der Waals surface area contributed by atoms with Crippen LogP contribution in [0.25, 0.3) is 10.4 Å². The third-order valence-electron chi connectivity index (χ3n) is 4.08. The van der Waals surface area contributed by atoms with Gasteiger partial charge in [0.25, 0.3) is 11.8 Å². The van der Waals surface area contributed by atoms with Crippen LogP contribution < -0.4 is 10.6 Å². The van der Waals surface area contributed by atoms with Crippen molar-refractivity contribution in [3.63, 3.8) is 0 Å². The SMILES string of the molecule is O=C(Nc1cccc(NC(=O)c2ccc(-c3ccc(Cl)cc3)s2)c1)c1ccco1. The maximum absolute atomic E-state index is 12.6. The van der Waals surface area contributed by atoms with Crippen LogP contribution in [0.2, 0.25) is 5.02 Å². The van der Waals surface area contributed by atoms with E-state index >= 15 is 0 Å². The second-order valence-corrected chi connectivity index (χ2v) is 7.66. The highest BCUT2D eigenvalue weighted by Crippen LogP contribution is 2.29. The van der Waals surface area contributed by atoms with Gasteiger partial charge in [-0.1, -0.05) is 29.8 Å². The predicted molar refractivity (Wildman–Crippen MR) is 116 cm³/mol. The third kappa shape index (κ3) is 4.56. The second-order valence-electron chi connectivity index (χ2n) is 6.14. The number of carbonyl (C=O) groups excluding carboxylic acids is 2. The average Bonchev–Trinajstić information content (AvgIpc) is 3.41. The summed E-state index contributed by atoms with van der Waals surface area (Å²) < 4.78 is 5.08. The molecule has 5 nitrogen and oxygen atoms in total. The van der Waals surface area contributed by atoms with Gasteiger partial charge in [0.15, 0.2) is 5.76 Å². The molecule has 0 aliphatic carbocycles. The smallest absolute Gasteiger partial charge is 0.291 e. The van der Waals surface area contributed by atoms with Crippen molar-refractivity contribution in [2.24, 2.45) is 0 Å². The lowest BCUT2D eigenvalue weighted by molar-refractivity contribution is 0.0995. The molecule has 0 saturated carbocycles. The average molecular weight is 423 g/mol. The Morgan fingerprint density at radius 3 is 2.24 bits per heavy atom. The Balaban J connectivity index is 1.45. The summed E-state index contributed by atoms with van der Waals surface area (Å²) >= 11 is 7.32. The number of carbonyl (C=O) groups is 2. The summed E-state index contributed by atoms with van der Waals surface area (Å²) in [7, 11) is 0. The standard InChI is InChI=1S/C22H15ClN2O3S/c23-15-8-6-14(7-9-15)19-10-11-20(29-19)22(27)25-17-4-1-3-16(13-17)24-21(26)18-5-2-12-28-18/h1-13H,(H,24,26)(H,25,27). The van der Waals surface area contributed by atoms with Crippen LogP contribution in [-0.4, -0.2) is 11.8 Å². The number of hydrogen-bond acceptors (Lipinski definition) is 4. The van der Waals surface area contributed by atoms with Gasteiger partial charge in [-0.2, -0.15) is 0 Å². The minimum Gasteiger partial charge on any atom is -0.459 e. The van der Waals surface area contributed by atoms with Crippen molar-refractivity contribution in [3.05, 3.63) is 94.7 Å². The second kappa shape index (κ2) is 8.34. The minimum atomic E-state index is -0.357. The zero-order valence-corrected chi connectivity index (χ0v) is 16.6. The first-order valence-electron chi connectivity index (χ1n) is 8.70. The number of thiophene rings is 1. The Labute approximate surface area is 175 Å². The summed E-state index contributed by atoms with van der Waals surface area (Å²) in [4.78, 5) is 26.3. The minimum absolute atomic E-state index is 0.216. The fraction of sp³-hybridized carbons (Fsp3) is 0. The molecule has 7 heteroatoms. The van der Waals surface area contributed by atoms with Crippen molar-refractivity contribution in [1.82, 2.24) is 0 Å². The number of nitrogens with one attached hydrogen (secondary N) is 2. The van der Waals surface area contributed by atoms with Gasteiger partial charge in [0.2, 0.25) is 0 Å². The topological polar surface area (TPSA) is 71.3 Å². The molecular weight excluding hydrogens is 408 g/mol. The Bertz CT molecular complexity index is 1150. The van der Waals surface area contributed by atoms with Crippen LogP contribution in [0.5, 0.6) is 0 Å². The van der Waals surface area contributed by atoms with Crippen molar-refractivity contribution >= 4 is 46.1 Å². The summed E-state index contributed by atoms with van der Waals surface area (Å²) in [5, 5.41) is 6.26. The molecule has 2 aromatic heterocycles. The lowest BCUT2D eigenvalue weighted by Crippen LogP contribution is -2.12. The number of halogens is 1. The zero-order chi connectivity index (χ0) is 20.2. The number of anilines is 2. The summed E-state index contributed by atoms with van der Waals surface area (Å²) in [5.74, 6) is -0.359. The molecule has 2 amide bonds. The van der Waals surface area contributed by atoms with E-state index in [0.717, 1.165) is 10.4 Å². The number of rotatable bonds is 5. The molecule has 0 radical (unpaired) electrons. The van der Waals surface area contributed by atoms with E-state index in [-0.39, 0.29) is 17.6 Å². The van der Waals surface area contributed by atoms with Gasteiger partial charge < -0.3 is 15.1 Å². The largest absolute Gasteiger partial charge is 0.459 e. The van der Waals surface area contributed by atoms with Crippen LogP contribution in [0.1, 0.15) is 20.2 Å². The van der Waals surface area contributed by atoms with Crippen molar-refractivity contribution in [2.75, 3.05) is 10.6 Å². The first kappa shape index (κ1) is 19.0. The molecule has 0 fully saturated rings. The molecule has 2 heterocycles. The molecule has 0 bridgehead atoms. The maximum Gasteiger partial charge on any atom is 0.291 e. The quantitative estimate of drug-likeness (QED) is 0.404. The van der Waals surface area contributed by atoms with E-state index in [0.29, 0.717) is 21.3 Å². The molecule has 0 aliphatic heterocycles. The summed E-state index contributed by atoms with van der Waals surface area (Å²) in [6.07, 6.45) is 1.44. The highest BCUT2D eigenvalue weighted by Gasteiger charge is 2.12. The Morgan fingerprint density at radius 1 is 0.828 bits per heavy atom. The van der Waals surface area contributed by atoms with Crippen molar-refractivity contribution in [3.8, 4) is 10.4 Å². The van der Waals surface area contributed by atoms with Gasteiger partial charge in [-0.3, -0.25) is 9.59 Å². The van der Waals surface area contributed by atoms with Gasteiger partial charge in [0.1, 0.15) is 0 Å². The van der Waals surface area contributed by atoms with E-state index in [4.69, 9.17) is 16.0 Å². The Morgan fingerprint density at radius 2 is 1.55 bits per heavy atom. The van der Waals surface area contributed by atoms with E-state index in [1.54, 1.807) is 42.5 Å². The molecular formula is C22H15ClN2O3S. The first-order valence-corrected chi connectivity index (χ1v) is 9.90. The van der Waals surface area contributed by atoms with E-state index < -0.39 is 0 Å². The molecule has 4 rings (SSSR count). The van der Waals surface area contributed by atoms with Gasteiger partial charge in [0, 0.05) is 21.3 Å². The van der Waals surface area contributed by atoms with Gasteiger partial charge in [0.05, 0.1) is 11.1 Å². The fourth-order valence-corrected chi connectivity index (χ4v) is 3.73. The lowest BCUT2D eigenvalue weighted by Gasteiger charge is -2.07. The molecule has 2 aromatic carbocycles. The van der Waals surface area contributed by atoms with Crippen LogP contribution in [0.15, 0.2) is 83.5 Å². The van der Waals surface area contributed by atoms with Gasteiger partial charge in [-0.05, 0) is 60.2 Å². The van der Waals surface area contributed by atoms with Crippen molar-refractivity contribution in [2.45, 2.75) is 0 Å². The van der Waals surface area contributed by atoms with E-state index in [9.17, 15) is 9.59 Å². The normalized spacial score (nSPS) is 10.5. The molecule has 144 valence electrons. The molecule has 4 aromatic rings. The summed E-state index contributed by atoms with van der Waals surface area (Å²) in [6, 6.07) is 21.3. The number of hydrogen-bond donors (Lipinski definition) is 2. The molecule has 29 heavy (non-hydrogen) atoms. The Hall–Kier alpha value is -3.35. The van der Waals surface area contributed by atoms with Crippen LogP contribution in [0.3, 0.4) is 0 Å². The highest BCUT2D eigenvalue weighted by molar-refractivity contribution is 7.17. The molecule has 0 aliphatic rings. The monoisotopic (exact) mass is 422 g/mol. The summed E-state index contributed by atoms with van der Waals surface area (Å²) in [6.45, 7) is 0. The number of furan rings is 1. The van der Waals surface area contributed by atoms with Crippen LogP contribution in [0.4, 0.5) is 11.4 Å². The van der Waals surface area contributed by atoms with E-state index in [1.807, 2.05) is 30.3 Å². The van der Waals surface area contributed by atoms with Gasteiger partial charge in [-0.25, -0.2) is 0 Å². The van der Waals surface area contributed by atoms with Crippen molar-refractivity contribution in [1.29, 1.82) is 0 Å². The van der Waals surface area contributed by atoms with Crippen LogP contribution >= 0.6 is 22.9 Å². The molecule has 0 spiro atoms. The lowest BCUT2D eigenvalue weighted by atomic mass is 10.2. The third-order valence-corrected chi connectivity index (χ3v) is 5.47. The fourth-order valence-electron chi connectivity index (χ4n) is 2.70. The van der Waals surface area contributed by atoms with Crippen LogP contribution in [-0.2, 0) is 0 Å². The Kier molecular flexibility index (Phi) is 5.46. The highest BCUT2D eigenvalue weighted by atomic mass is 35.5. The van der Waals surface area contributed by atoms with Gasteiger partial charge in [-0.15, -0.1) is 11.3 Å². The van der Waals surface area contributed by atoms with Crippen LogP contribution in [0, 0.1) is 0 Å². The molecule has 0 saturated heterocycles. The molecule has 2 N–H and O–H groups in total. The zero-order valence-electron chi connectivity index (χ0n) is 15.0. The molecule has 0 unspecified atom stereocenters. The maximum atomic E-state index is 12.6. The number of benzene rings is 2. The van der Waals surface area contributed by atoms with E-state index in [2.05, 4.69) is 10.6 Å². The molecule has 0 atom stereocenters. The summed E-state index contributed by atoms with van der Waals surface area (Å²) in [5.41, 5.74) is 2.13. The van der Waals surface area contributed by atoms with Crippen molar-refractivity contribution < 1.29 is 14.0 Å². The number of amides is 2. The van der Waals surface area contributed by atoms with Gasteiger partial charge >= 0.3 is 0 Å². The van der Waals surface area contributed by atoms with E-state index in [1.165, 1.54) is 17.6 Å².